The molecule has 1 saturated heterocycles. The molecule has 154 valence electrons. The number of carbonyl (C=O) groups excluding carboxylic acids is 2. The molecule has 1 aliphatic carbocycles. The first-order chi connectivity index (χ1) is 13.3. The van der Waals surface area contributed by atoms with Crippen molar-refractivity contribution >= 4 is 27.3 Å². The van der Waals surface area contributed by atoms with Crippen LogP contribution in [0.1, 0.15) is 54.4 Å². The number of nitrogens with one attached hydrogen (secondary N) is 1. The molecule has 3 N–H and O–H groups in total. The maximum absolute atomic E-state index is 13.1. The maximum Gasteiger partial charge on any atom is 0.248 e. The third-order valence-corrected chi connectivity index (χ3v) is 7.56. The molecule has 0 spiro atoms. The molecule has 1 heterocycles. The van der Waals surface area contributed by atoms with E-state index in [-0.39, 0.29) is 36.0 Å². The zero-order valence-electron chi connectivity index (χ0n) is 16.3. The summed E-state index contributed by atoms with van der Waals surface area (Å²) in [6.07, 6.45) is 5.68. The number of benzene rings is 1. The smallest absolute Gasteiger partial charge is 0.248 e. The summed E-state index contributed by atoms with van der Waals surface area (Å²) >= 11 is 0. The van der Waals surface area contributed by atoms with Gasteiger partial charge in [-0.3, -0.25) is 9.59 Å². The van der Waals surface area contributed by atoms with E-state index >= 15 is 0 Å². The molecule has 28 heavy (non-hydrogen) atoms. The van der Waals surface area contributed by atoms with Gasteiger partial charge in [-0.05, 0) is 43.9 Å². The van der Waals surface area contributed by atoms with Crippen molar-refractivity contribution in [2.75, 3.05) is 23.4 Å². The first kappa shape index (κ1) is 20.6. The number of primary amides is 1. The van der Waals surface area contributed by atoms with E-state index in [1.54, 1.807) is 18.2 Å². The summed E-state index contributed by atoms with van der Waals surface area (Å²) in [7, 11) is -3.07. The topological polar surface area (TPSA) is 110 Å². The Morgan fingerprint density at radius 1 is 1.14 bits per heavy atom. The second-order valence-corrected chi connectivity index (χ2v) is 10.1. The van der Waals surface area contributed by atoms with E-state index < -0.39 is 15.7 Å². The summed E-state index contributed by atoms with van der Waals surface area (Å²) < 4.78 is 24.0. The molecule has 0 aromatic heterocycles. The van der Waals surface area contributed by atoms with Crippen molar-refractivity contribution in [3.8, 4) is 0 Å². The SMILES string of the molecule is Cc1ccc(C(N)=O)cc1NCC(=O)N(C1CCCCC1)C1CCS(=O)(=O)C1. The fourth-order valence-electron chi connectivity index (χ4n) is 4.29. The van der Waals surface area contributed by atoms with Crippen LogP contribution >= 0.6 is 0 Å². The molecule has 1 aromatic rings. The Hall–Kier alpha value is -2.09. The minimum Gasteiger partial charge on any atom is -0.376 e. The third kappa shape index (κ3) is 4.84. The summed E-state index contributed by atoms with van der Waals surface area (Å²) in [6, 6.07) is 4.97. The van der Waals surface area contributed by atoms with Gasteiger partial charge in [-0.15, -0.1) is 0 Å². The Labute approximate surface area is 166 Å². The largest absolute Gasteiger partial charge is 0.376 e. The fraction of sp³-hybridized carbons (Fsp3) is 0.600. The number of hydrogen-bond acceptors (Lipinski definition) is 5. The van der Waals surface area contributed by atoms with Gasteiger partial charge in [0.1, 0.15) is 0 Å². The van der Waals surface area contributed by atoms with Crippen LogP contribution in [0.2, 0.25) is 0 Å². The highest BCUT2D eigenvalue weighted by molar-refractivity contribution is 7.91. The van der Waals surface area contributed by atoms with Crippen molar-refractivity contribution in [1.29, 1.82) is 0 Å². The van der Waals surface area contributed by atoms with Crippen LogP contribution < -0.4 is 11.1 Å². The van der Waals surface area contributed by atoms with Crippen LogP contribution in [0.15, 0.2) is 18.2 Å². The Bertz CT molecular complexity index is 847. The quantitative estimate of drug-likeness (QED) is 0.748. The predicted octanol–water partition coefficient (Wildman–Crippen LogP) is 1.85. The van der Waals surface area contributed by atoms with Crippen molar-refractivity contribution in [2.45, 2.75) is 57.5 Å². The standard InChI is InChI=1S/C20H29N3O4S/c1-14-7-8-15(20(21)25)11-18(14)22-12-19(24)23(16-5-3-2-4-6-16)17-9-10-28(26,27)13-17/h7-8,11,16-17,22H,2-6,9-10,12-13H2,1H3,(H2,21,25). The Balaban J connectivity index is 1.74. The number of nitrogens with zero attached hydrogens (tertiary/aromatic N) is 1. The van der Waals surface area contributed by atoms with Gasteiger partial charge in [0.2, 0.25) is 11.8 Å². The Kier molecular flexibility index (Phi) is 6.27. The van der Waals surface area contributed by atoms with Crippen molar-refractivity contribution in [3.05, 3.63) is 29.3 Å². The molecule has 8 heteroatoms. The normalized spacial score (nSPS) is 22.0. The van der Waals surface area contributed by atoms with Crippen molar-refractivity contribution in [2.24, 2.45) is 5.73 Å². The fourth-order valence-corrected chi connectivity index (χ4v) is 6.00. The van der Waals surface area contributed by atoms with Crippen LogP contribution in [0.5, 0.6) is 0 Å². The van der Waals surface area contributed by atoms with Crippen LogP contribution in [-0.2, 0) is 14.6 Å². The van der Waals surface area contributed by atoms with Gasteiger partial charge in [-0.2, -0.15) is 0 Å². The van der Waals surface area contributed by atoms with Gasteiger partial charge >= 0.3 is 0 Å². The molecular weight excluding hydrogens is 378 g/mol. The molecule has 1 aromatic carbocycles. The van der Waals surface area contributed by atoms with Gasteiger partial charge in [0.15, 0.2) is 9.84 Å². The van der Waals surface area contributed by atoms with E-state index in [0.29, 0.717) is 17.7 Å². The number of carbonyl (C=O) groups is 2. The van der Waals surface area contributed by atoms with Crippen LogP contribution in [0.3, 0.4) is 0 Å². The van der Waals surface area contributed by atoms with Gasteiger partial charge in [0.05, 0.1) is 18.1 Å². The zero-order chi connectivity index (χ0) is 20.3. The second kappa shape index (κ2) is 8.51. The average molecular weight is 408 g/mol. The predicted molar refractivity (Wildman–Crippen MR) is 109 cm³/mol. The minimum absolute atomic E-state index is 0.0609. The number of nitrogens with two attached hydrogens (primary N) is 1. The molecule has 0 radical (unpaired) electrons. The van der Waals surface area contributed by atoms with Gasteiger partial charge in [-0.25, -0.2) is 8.42 Å². The van der Waals surface area contributed by atoms with Crippen molar-refractivity contribution in [3.63, 3.8) is 0 Å². The minimum atomic E-state index is -3.07. The zero-order valence-corrected chi connectivity index (χ0v) is 17.1. The summed E-state index contributed by atoms with van der Waals surface area (Å²) in [5.74, 6) is -0.389. The molecule has 2 amide bonds. The van der Waals surface area contributed by atoms with Crippen LogP contribution in [0, 0.1) is 6.92 Å². The molecule has 2 aliphatic rings. The maximum atomic E-state index is 13.1. The highest BCUT2D eigenvalue weighted by atomic mass is 32.2. The van der Waals surface area contributed by atoms with Gasteiger partial charge in [-0.1, -0.05) is 25.3 Å². The summed E-state index contributed by atoms with van der Waals surface area (Å²) in [6.45, 7) is 1.95. The van der Waals surface area contributed by atoms with Gasteiger partial charge < -0.3 is 16.0 Å². The highest BCUT2D eigenvalue weighted by Gasteiger charge is 2.38. The molecular formula is C20H29N3O4S. The van der Waals surface area contributed by atoms with E-state index in [4.69, 9.17) is 5.73 Å². The van der Waals surface area contributed by atoms with Gasteiger partial charge in [0.25, 0.3) is 0 Å². The molecule has 2 fully saturated rings. The van der Waals surface area contributed by atoms with Crippen LogP contribution in [0.4, 0.5) is 5.69 Å². The molecule has 1 aliphatic heterocycles. The highest BCUT2D eigenvalue weighted by Crippen LogP contribution is 2.28. The molecule has 7 nitrogen and oxygen atoms in total. The summed E-state index contributed by atoms with van der Waals surface area (Å²) in [5, 5.41) is 3.12. The number of sulfone groups is 1. The number of hydrogen-bond donors (Lipinski definition) is 2. The lowest BCUT2D eigenvalue weighted by Gasteiger charge is -2.38. The monoisotopic (exact) mass is 407 g/mol. The lowest BCUT2D eigenvalue weighted by atomic mass is 9.93. The number of amides is 2. The lowest BCUT2D eigenvalue weighted by molar-refractivity contribution is -0.134. The molecule has 0 bridgehead atoms. The van der Waals surface area contributed by atoms with Gasteiger partial charge in [0, 0.05) is 23.3 Å². The lowest BCUT2D eigenvalue weighted by Crippen LogP contribution is -2.50. The number of aryl methyl sites for hydroxylation is 1. The van der Waals surface area contributed by atoms with E-state index in [0.717, 1.165) is 31.2 Å². The Morgan fingerprint density at radius 2 is 1.86 bits per heavy atom. The number of rotatable bonds is 6. The Morgan fingerprint density at radius 3 is 2.46 bits per heavy atom. The first-order valence-electron chi connectivity index (χ1n) is 9.93. The van der Waals surface area contributed by atoms with Crippen LogP contribution in [-0.4, -0.2) is 55.3 Å². The molecule has 1 saturated carbocycles. The molecule has 1 atom stereocenters. The molecule has 1 unspecified atom stereocenters. The number of anilines is 1. The van der Waals surface area contributed by atoms with E-state index in [1.165, 1.54) is 6.42 Å². The first-order valence-corrected chi connectivity index (χ1v) is 11.7. The van der Waals surface area contributed by atoms with Crippen molar-refractivity contribution < 1.29 is 18.0 Å². The summed E-state index contributed by atoms with van der Waals surface area (Å²) in [4.78, 5) is 26.4. The van der Waals surface area contributed by atoms with E-state index in [2.05, 4.69) is 5.32 Å². The van der Waals surface area contributed by atoms with E-state index in [9.17, 15) is 18.0 Å². The van der Waals surface area contributed by atoms with Crippen LogP contribution in [0.25, 0.3) is 0 Å². The summed E-state index contributed by atoms with van der Waals surface area (Å²) in [5.41, 5.74) is 7.32. The van der Waals surface area contributed by atoms with E-state index in [1.807, 2.05) is 11.8 Å². The molecule has 3 rings (SSSR count). The van der Waals surface area contributed by atoms with Crippen molar-refractivity contribution in [1.82, 2.24) is 4.90 Å². The third-order valence-electron chi connectivity index (χ3n) is 5.81. The average Bonchev–Trinajstić information content (AvgIpc) is 3.01. The second-order valence-electron chi connectivity index (χ2n) is 7.90.